The van der Waals surface area contributed by atoms with E-state index in [2.05, 4.69) is 33.1 Å². The molecule has 0 saturated heterocycles. The lowest BCUT2D eigenvalue weighted by Gasteiger charge is -2.13. The highest BCUT2D eigenvalue weighted by Gasteiger charge is 2.13. The number of methoxy groups -OCH3 is 1. The largest absolute Gasteiger partial charge is 0.493 e. The van der Waals surface area contributed by atoms with Crippen LogP contribution in [0.5, 0.6) is 11.5 Å². The van der Waals surface area contributed by atoms with Crippen LogP contribution in [0.2, 0.25) is 0 Å². The van der Waals surface area contributed by atoms with Crippen LogP contribution in [0.25, 0.3) is 5.69 Å². The average Bonchev–Trinajstić information content (AvgIpc) is 3.38. The van der Waals surface area contributed by atoms with Gasteiger partial charge in [-0.3, -0.25) is 4.79 Å². The Kier molecular flexibility index (Phi) is 7.41. The quantitative estimate of drug-likeness (QED) is 0.181. The molecular weight excluding hydrogens is 529 g/mol. The Morgan fingerprint density at radius 3 is 2.52 bits per heavy atom. The lowest BCUT2D eigenvalue weighted by Crippen LogP contribution is -2.19. The van der Waals surface area contributed by atoms with Crippen molar-refractivity contribution < 1.29 is 14.3 Å². The van der Waals surface area contributed by atoms with Crippen LogP contribution in [-0.2, 0) is 6.61 Å². The van der Waals surface area contributed by atoms with Crippen LogP contribution >= 0.6 is 22.6 Å². The number of amides is 1. The number of nitrogens with one attached hydrogen (secondary N) is 1. The summed E-state index contributed by atoms with van der Waals surface area (Å²) in [5, 5.41) is 4.15. The van der Waals surface area contributed by atoms with E-state index in [4.69, 9.17) is 9.47 Å². The first-order valence-electron chi connectivity index (χ1n) is 10.3. The second-order valence-electron chi connectivity index (χ2n) is 7.11. The molecule has 0 atom stereocenters. The zero-order valence-corrected chi connectivity index (χ0v) is 20.1. The summed E-state index contributed by atoms with van der Waals surface area (Å²) in [6.07, 6.45) is 5.37. The number of hydrogen-bond donors (Lipinski definition) is 1. The van der Waals surface area contributed by atoms with E-state index >= 15 is 0 Å². The van der Waals surface area contributed by atoms with Crippen LogP contribution in [0, 0.1) is 3.57 Å². The summed E-state index contributed by atoms with van der Waals surface area (Å²) in [6.45, 7) is 0.442. The predicted octanol–water partition coefficient (Wildman–Crippen LogP) is 5.43. The zero-order valence-electron chi connectivity index (χ0n) is 17.9. The fourth-order valence-corrected chi connectivity index (χ4v) is 4.08. The lowest BCUT2D eigenvalue weighted by molar-refractivity contribution is 0.0955. The molecule has 1 amide bonds. The fourth-order valence-electron chi connectivity index (χ4n) is 3.30. The fraction of sp³-hybridized carbons (Fsp3) is 0.0769. The number of carbonyl (C=O) groups excluding carboxylic acids is 1. The number of benzene rings is 3. The summed E-state index contributed by atoms with van der Waals surface area (Å²) in [7, 11) is 1.60. The molecule has 33 heavy (non-hydrogen) atoms. The molecular formula is C26H22IN3O3. The minimum Gasteiger partial charge on any atom is -0.493 e. The molecule has 0 aliphatic rings. The van der Waals surface area contributed by atoms with Crippen LogP contribution in [0.15, 0.2) is 96.4 Å². The molecule has 0 saturated carbocycles. The monoisotopic (exact) mass is 551 g/mol. The van der Waals surface area contributed by atoms with Gasteiger partial charge in [0, 0.05) is 12.4 Å². The molecule has 0 fully saturated rings. The van der Waals surface area contributed by atoms with Gasteiger partial charge in [0.25, 0.3) is 5.91 Å². The first-order valence-corrected chi connectivity index (χ1v) is 11.3. The summed E-state index contributed by atoms with van der Waals surface area (Å²) < 4.78 is 14.3. The Morgan fingerprint density at radius 1 is 1.03 bits per heavy atom. The molecule has 4 aromatic rings. The van der Waals surface area contributed by atoms with Crippen molar-refractivity contribution in [2.24, 2.45) is 5.10 Å². The van der Waals surface area contributed by atoms with Crippen LogP contribution < -0.4 is 14.9 Å². The number of nitrogens with zero attached hydrogens (tertiary/aromatic N) is 2. The maximum absolute atomic E-state index is 12.7. The number of ether oxygens (including phenoxy) is 2. The summed E-state index contributed by atoms with van der Waals surface area (Å²) in [5.41, 5.74) is 5.78. The predicted molar refractivity (Wildman–Crippen MR) is 137 cm³/mol. The molecule has 166 valence electrons. The van der Waals surface area contributed by atoms with Crippen LogP contribution in [0.1, 0.15) is 21.5 Å². The SMILES string of the molecule is COc1cc(/C=N\NC(=O)c2ccccc2-n2cccc2)cc(I)c1OCc1ccccc1. The number of hydrazone groups is 1. The van der Waals surface area contributed by atoms with Crippen LogP contribution in [0.3, 0.4) is 0 Å². The highest BCUT2D eigenvalue weighted by Crippen LogP contribution is 2.34. The number of para-hydroxylation sites is 1. The van der Waals surface area contributed by atoms with Gasteiger partial charge >= 0.3 is 0 Å². The second-order valence-corrected chi connectivity index (χ2v) is 8.28. The molecule has 0 unspecified atom stereocenters. The van der Waals surface area contributed by atoms with Crippen molar-refractivity contribution >= 4 is 34.7 Å². The minimum absolute atomic E-state index is 0.292. The van der Waals surface area contributed by atoms with Gasteiger partial charge < -0.3 is 14.0 Å². The maximum atomic E-state index is 12.7. The van der Waals surface area contributed by atoms with Gasteiger partial charge in [-0.05, 0) is 70.1 Å². The third-order valence-corrected chi connectivity index (χ3v) is 5.69. The average molecular weight is 551 g/mol. The number of carbonyl (C=O) groups is 1. The third-order valence-electron chi connectivity index (χ3n) is 4.89. The molecule has 0 radical (unpaired) electrons. The number of aromatic nitrogens is 1. The maximum Gasteiger partial charge on any atom is 0.273 e. The van der Waals surface area contributed by atoms with Crippen molar-refractivity contribution in [1.29, 1.82) is 0 Å². The summed E-state index contributed by atoms with van der Waals surface area (Å²) in [4.78, 5) is 12.7. The van der Waals surface area contributed by atoms with Gasteiger partial charge in [0.1, 0.15) is 6.61 Å². The van der Waals surface area contributed by atoms with Crippen LogP contribution in [-0.4, -0.2) is 23.8 Å². The Balaban J connectivity index is 1.46. The molecule has 1 N–H and O–H groups in total. The van der Waals surface area contributed by atoms with Crippen molar-refractivity contribution in [3.05, 3.63) is 112 Å². The Morgan fingerprint density at radius 2 is 1.76 bits per heavy atom. The molecule has 0 aliphatic carbocycles. The zero-order chi connectivity index (χ0) is 23.0. The Labute approximate surface area is 206 Å². The van der Waals surface area contributed by atoms with Gasteiger partial charge in [0.2, 0.25) is 0 Å². The van der Waals surface area contributed by atoms with Gasteiger partial charge in [-0.15, -0.1) is 0 Å². The normalized spacial score (nSPS) is 10.8. The van der Waals surface area contributed by atoms with E-state index in [-0.39, 0.29) is 5.91 Å². The number of halogens is 1. The summed E-state index contributed by atoms with van der Waals surface area (Å²) in [6, 6.07) is 24.9. The van der Waals surface area contributed by atoms with E-state index in [1.165, 1.54) is 0 Å². The molecule has 3 aromatic carbocycles. The molecule has 0 bridgehead atoms. The molecule has 6 nitrogen and oxygen atoms in total. The van der Waals surface area contributed by atoms with Gasteiger partial charge in [0.05, 0.1) is 28.1 Å². The molecule has 4 rings (SSSR count). The molecule has 1 aromatic heterocycles. The van der Waals surface area contributed by atoms with E-state index in [0.29, 0.717) is 23.7 Å². The lowest BCUT2D eigenvalue weighted by atomic mass is 10.1. The van der Waals surface area contributed by atoms with Crippen molar-refractivity contribution in [2.45, 2.75) is 6.61 Å². The highest BCUT2D eigenvalue weighted by atomic mass is 127. The van der Waals surface area contributed by atoms with Crippen LogP contribution in [0.4, 0.5) is 0 Å². The van der Waals surface area contributed by atoms with E-state index in [1.807, 2.05) is 89.8 Å². The smallest absolute Gasteiger partial charge is 0.273 e. The van der Waals surface area contributed by atoms with E-state index in [9.17, 15) is 4.79 Å². The first-order chi connectivity index (χ1) is 16.2. The number of hydrogen-bond acceptors (Lipinski definition) is 4. The van der Waals surface area contributed by atoms with Gasteiger partial charge in [-0.25, -0.2) is 5.43 Å². The molecule has 0 aliphatic heterocycles. The van der Waals surface area contributed by atoms with Gasteiger partial charge in [-0.2, -0.15) is 5.10 Å². The molecule has 7 heteroatoms. The molecule has 1 heterocycles. The van der Waals surface area contributed by atoms with Gasteiger partial charge in [0.15, 0.2) is 11.5 Å². The Hall–Kier alpha value is -3.59. The van der Waals surface area contributed by atoms with Crippen molar-refractivity contribution in [1.82, 2.24) is 9.99 Å². The first kappa shape index (κ1) is 22.6. The Bertz CT molecular complexity index is 1260. The molecule has 0 spiro atoms. The van der Waals surface area contributed by atoms with Crippen molar-refractivity contribution in [2.75, 3.05) is 7.11 Å². The van der Waals surface area contributed by atoms with Gasteiger partial charge in [-0.1, -0.05) is 42.5 Å². The van der Waals surface area contributed by atoms with E-state index < -0.39 is 0 Å². The van der Waals surface area contributed by atoms with E-state index in [1.54, 1.807) is 19.4 Å². The minimum atomic E-state index is -0.292. The summed E-state index contributed by atoms with van der Waals surface area (Å²) >= 11 is 2.21. The highest BCUT2D eigenvalue weighted by molar-refractivity contribution is 14.1. The topological polar surface area (TPSA) is 64.8 Å². The van der Waals surface area contributed by atoms with Crippen molar-refractivity contribution in [3.8, 4) is 17.2 Å². The number of rotatable bonds is 8. The summed E-state index contributed by atoms with van der Waals surface area (Å²) in [5.74, 6) is 0.979. The second kappa shape index (κ2) is 10.8. The van der Waals surface area contributed by atoms with Crippen molar-refractivity contribution in [3.63, 3.8) is 0 Å². The van der Waals surface area contributed by atoms with E-state index in [0.717, 1.165) is 20.4 Å². The standard InChI is InChI=1S/C26H22IN3O3/c1-32-24-16-20(15-22(27)25(24)33-18-19-9-3-2-4-10-19)17-28-29-26(31)21-11-5-6-12-23(21)30-13-7-8-14-30/h2-17H,18H2,1H3,(H,29,31)/b28-17-. The third kappa shape index (κ3) is 5.61.